The van der Waals surface area contributed by atoms with Crippen molar-refractivity contribution < 1.29 is 5.11 Å². The van der Waals surface area contributed by atoms with Crippen LogP contribution >= 0.6 is 0 Å². The van der Waals surface area contributed by atoms with Crippen LogP contribution in [0, 0.1) is 10.8 Å². The van der Waals surface area contributed by atoms with Crippen molar-refractivity contribution >= 4 is 0 Å². The van der Waals surface area contributed by atoms with Gasteiger partial charge in [-0.3, -0.25) is 0 Å². The molecule has 1 N–H and O–H groups in total. The Labute approximate surface area is 76.2 Å². The van der Waals surface area contributed by atoms with Crippen LogP contribution in [-0.4, -0.2) is 11.2 Å². The predicted octanol–water partition coefficient (Wildman–Crippen LogP) is 2.97. The van der Waals surface area contributed by atoms with Gasteiger partial charge < -0.3 is 5.11 Å². The first-order chi connectivity index (χ1) is 5.44. The molecule has 0 aliphatic heterocycles. The molecule has 0 amide bonds. The third-order valence-corrected chi connectivity index (χ3v) is 4.09. The van der Waals surface area contributed by atoms with Gasteiger partial charge in [-0.25, -0.2) is 0 Å². The Hall–Kier alpha value is -0.0400. The van der Waals surface area contributed by atoms with Gasteiger partial charge in [-0.05, 0) is 30.1 Å². The van der Waals surface area contributed by atoms with Crippen LogP contribution in [-0.2, 0) is 0 Å². The fourth-order valence-corrected chi connectivity index (χ4v) is 2.58. The molecule has 1 rings (SSSR count). The zero-order valence-electron chi connectivity index (χ0n) is 8.85. The summed E-state index contributed by atoms with van der Waals surface area (Å²) in [6, 6.07) is 0. The third kappa shape index (κ3) is 1.28. The van der Waals surface area contributed by atoms with Gasteiger partial charge in [-0.1, -0.05) is 34.1 Å². The van der Waals surface area contributed by atoms with Gasteiger partial charge >= 0.3 is 0 Å². The summed E-state index contributed by atoms with van der Waals surface area (Å²) in [5.74, 6) is 0. The molecule has 12 heavy (non-hydrogen) atoms. The highest BCUT2D eigenvalue weighted by Gasteiger charge is 2.50. The number of hydrogen-bond acceptors (Lipinski definition) is 1. The Morgan fingerprint density at radius 1 is 1.33 bits per heavy atom. The van der Waals surface area contributed by atoms with Crippen molar-refractivity contribution in [1.82, 2.24) is 0 Å². The molecule has 0 aromatic heterocycles. The van der Waals surface area contributed by atoms with Gasteiger partial charge in [0.2, 0.25) is 0 Å². The van der Waals surface area contributed by atoms with Gasteiger partial charge in [-0.2, -0.15) is 0 Å². The van der Waals surface area contributed by atoms with Gasteiger partial charge in [0.15, 0.2) is 0 Å². The maximum absolute atomic E-state index is 9.91. The quantitative estimate of drug-likeness (QED) is 0.675. The number of rotatable bonds is 2. The molecule has 1 heteroatoms. The van der Waals surface area contributed by atoms with Crippen LogP contribution in [0.25, 0.3) is 0 Å². The number of aliphatic hydroxyl groups is 1. The lowest BCUT2D eigenvalue weighted by Gasteiger charge is -2.40. The summed E-state index contributed by atoms with van der Waals surface area (Å²) in [6.45, 7) is 9.03. The zero-order chi connectivity index (χ0) is 9.41. The first-order valence-corrected chi connectivity index (χ1v) is 5.12. The van der Waals surface area contributed by atoms with E-state index in [1.165, 1.54) is 12.8 Å². The molecule has 0 bridgehead atoms. The van der Waals surface area contributed by atoms with Gasteiger partial charge in [0.1, 0.15) is 0 Å². The maximum atomic E-state index is 9.91. The minimum atomic E-state index is -0.0764. The van der Waals surface area contributed by atoms with E-state index in [-0.39, 0.29) is 11.5 Å². The standard InChI is InChI=1S/C11H22O/c1-5-7-11(4)9(12)6-8-10(11,2)3/h9,12H,5-8H2,1-4H3. The molecule has 0 aromatic carbocycles. The second-order valence-corrected chi connectivity index (χ2v) is 5.11. The molecule has 0 radical (unpaired) electrons. The first-order valence-electron chi connectivity index (χ1n) is 5.12. The predicted molar refractivity (Wildman–Crippen MR) is 52.0 cm³/mol. The van der Waals surface area contributed by atoms with Crippen LogP contribution in [0.1, 0.15) is 53.4 Å². The van der Waals surface area contributed by atoms with Crippen LogP contribution in [0.15, 0.2) is 0 Å². The molecule has 1 saturated carbocycles. The highest BCUT2D eigenvalue weighted by atomic mass is 16.3. The fraction of sp³-hybridized carbons (Fsp3) is 1.00. The smallest absolute Gasteiger partial charge is 0.0599 e. The molecule has 72 valence electrons. The van der Waals surface area contributed by atoms with E-state index >= 15 is 0 Å². The van der Waals surface area contributed by atoms with Crippen molar-refractivity contribution in [2.75, 3.05) is 0 Å². The Morgan fingerprint density at radius 2 is 1.92 bits per heavy atom. The van der Waals surface area contributed by atoms with Gasteiger partial charge in [0.05, 0.1) is 6.10 Å². The molecule has 0 aromatic rings. The van der Waals surface area contributed by atoms with Gasteiger partial charge in [0, 0.05) is 0 Å². The Balaban J connectivity index is 2.82. The van der Waals surface area contributed by atoms with E-state index in [0.717, 1.165) is 12.8 Å². The summed E-state index contributed by atoms with van der Waals surface area (Å²) in [5, 5.41) is 9.91. The van der Waals surface area contributed by atoms with Crippen LogP contribution < -0.4 is 0 Å². The van der Waals surface area contributed by atoms with Crippen LogP contribution in [0.3, 0.4) is 0 Å². The average molecular weight is 170 g/mol. The lowest BCUT2D eigenvalue weighted by atomic mass is 9.66. The van der Waals surface area contributed by atoms with Gasteiger partial charge in [0.25, 0.3) is 0 Å². The number of hydrogen-bond donors (Lipinski definition) is 1. The molecule has 0 heterocycles. The molecule has 0 saturated heterocycles. The Bertz CT molecular complexity index is 162. The minimum absolute atomic E-state index is 0.0764. The molecule has 1 fully saturated rings. The average Bonchev–Trinajstić information content (AvgIpc) is 2.16. The zero-order valence-corrected chi connectivity index (χ0v) is 8.85. The van der Waals surface area contributed by atoms with Crippen molar-refractivity contribution in [2.24, 2.45) is 10.8 Å². The lowest BCUT2D eigenvalue weighted by molar-refractivity contribution is -0.00247. The third-order valence-electron chi connectivity index (χ3n) is 4.09. The summed E-state index contributed by atoms with van der Waals surface area (Å²) >= 11 is 0. The monoisotopic (exact) mass is 170 g/mol. The summed E-state index contributed by atoms with van der Waals surface area (Å²) in [4.78, 5) is 0. The van der Waals surface area contributed by atoms with Gasteiger partial charge in [-0.15, -0.1) is 0 Å². The first kappa shape index (κ1) is 10.0. The SMILES string of the molecule is CCCC1(C)C(O)CCC1(C)C. The van der Waals surface area contributed by atoms with E-state index in [2.05, 4.69) is 27.7 Å². The van der Waals surface area contributed by atoms with E-state index in [1.54, 1.807) is 0 Å². The van der Waals surface area contributed by atoms with E-state index < -0.39 is 0 Å². The van der Waals surface area contributed by atoms with E-state index in [0.29, 0.717) is 5.41 Å². The number of aliphatic hydroxyl groups excluding tert-OH is 1. The van der Waals surface area contributed by atoms with E-state index in [9.17, 15) is 5.11 Å². The molecule has 2 unspecified atom stereocenters. The van der Waals surface area contributed by atoms with Crippen LogP contribution in [0.2, 0.25) is 0 Å². The normalized spacial score (nSPS) is 40.2. The molecular weight excluding hydrogens is 148 g/mol. The summed E-state index contributed by atoms with van der Waals surface area (Å²) < 4.78 is 0. The molecule has 0 spiro atoms. The Morgan fingerprint density at radius 3 is 2.25 bits per heavy atom. The molecule has 1 nitrogen and oxygen atoms in total. The summed E-state index contributed by atoms with van der Waals surface area (Å²) in [6.07, 6.45) is 4.42. The molecular formula is C11H22O. The maximum Gasteiger partial charge on any atom is 0.0599 e. The van der Waals surface area contributed by atoms with E-state index in [4.69, 9.17) is 0 Å². The molecule has 1 aliphatic carbocycles. The fourth-order valence-electron chi connectivity index (χ4n) is 2.58. The summed E-state index contributed by atoms with van der Waals surface area (Å²) in [5.41, 5.74) is 0.476. The minimum Gasteiger partial charge on any atom is -0.393 e. The van der Waals surface area contributed by atoms with Crippen LogP contribution in [0.5, 0.6) is 0 Å². The van der Waals surface area contributed by atoms with Crippen LogP contribution in [0.4, 0.5) is 0 Å². The highest BCUT2D eigenvalue weighted by molar-refractivity contribution is 5.00. The highest BCUT2D eigenvalue weighted by Crippen LogP contribution is 2.54. The molecule has 2 atom stereocenters. The second-order valence-electron chi connectivity index (χ2n) is 5.11. The summed E-state index contributed by atoms with van der Waals surface area (Å²) in [7, 11) is 0. The van der Waals surface area contributed by atoms with Crippen molar-refractivity contribution in [1.29, 1.82) is 0 Å². The van der Waals surface area contributed by atoms with Crippen molar-refractivity contribution in [3.05, 3.63) is 0 Å². The lowest BCUT2D eigenvalue weighted by Crippen LogP contribution is -2.37. The largest absolute Gasteiger partial charge is 0.393 e. The van der Waals surface area contributed by atoms with Crippen molar-refractivity contribution in [3.63, 3.8) is 0 Å². The second kappa shape index (κ2) is 3.02. The van der Waals surface area contributed by atoms with E-state index in [1.807, 2.05) is 0 Å². The Kier molecular flexibility index (Phi) is 2.53. The topological polar surface area (TPSA) is 20.2 Å². The van der Waals surface area contributed by atoms with Crippen molar-refractivity contribution in [3.8, 4) is 0 Å². The molecule has 1 aliphatic rings. The van der Waals surface area contributed by atoms with Crippen molar-refractivity contribution in [2.45, 2.75) is 59.5 Å².